The number of hydrogen-bond donors (Lipinski definition) is 3. The van der Waals surface area contributed by atoms with Gasteiger partial charge in [0.15, 0.2) is 5.65 Å². The Balaban J connectivity index is 1.44. The molecule has 0 aliphatic carbocycles. The smallest absolute Gasteiger partial charge is 0.319 e. The third-order valence-electron chi connectivity index (χ3n) is 6.43. The molecule has 2 aromatic heterocycles. The van der Waals surface area contributed by atoms with Gasteiger partial charge in [-0.15, -0.1) is 0 Å². The number of ether oxygens (including phenoxy) is 1. The summed E-state index contributed by atoms with van der Waals surface area (Å²) in [6.07, 6.45) is 5.70. The molecule has 0 bridgehead atoms. The molecule has 4 heterocycles. The lowest BCUT2D eigenvalue weighted by Gasteiger charge is -2.32. The molecule has 11 heteroatoms. The lowest BCUT2D eigenvalue weighted by atomic mass is 10.1. The van der Waals surface area contributed by atoms with Crippen LogP contribution in [-0.2, 0) is 14.3 Å². The Morgan fingerprint density at radius 1 is 1.32 bits per heavy atom. The van der Waals surface area contributed by atoms with E-state index in [4.69, 9.17) is 21.3 Å². The van der Waals surface area contributed by atoms with Gasteiger partial charge in [0.2, 0.25) is 0 Å². The van der Waals surface area contributed by atoms with Gasteiger partial charge in [-0.25, -0.2) is 4.98 Å². The number of benzene rings is 1. The molecule has 0 unspecified atom stereocenters. The minimum atomic E-state index is -0.225. The van der Waals surface area contributed by atoms with Gasteiger partial charge >= 0.3 is 5.97 Å². The quantitative estimate of drug-likeness (QED) is 0.319. The molecule has 2 fully saturated rings. The first-order chi connectivity index (χ1) is 17.9. The van der Waals surface area contributed by atoms with Crippen LogP contribution in [0.25, 0.3) is 11.7 Å². The minimum Gasteiger partial charge on any atom is -0.468 e. The van der Waals surface area contributed by atoms with E-state index in [0.717, 1.165) is 43.0 Å². The van der Waals surface area contributed by atoms with Gasteiger partial charge in [-0.2, -0.15) is 9.61 Å². The van der Waals surface area contributed by atoms with E-state index in [-0.39, 0.29) is 17.9 Å². The van der Waals surface area contributed by atoms with Gasteiger partial charge in [-0.1, -0.05) is 24.2 Å². The monoisotopic (exact) mass is 521 g/mol. The zero-order chi connectivity index (χ0) is 25.9. The lowest BCUT2D eigenvalue weighted by Crippen LogP contribution is -2.41. The van der Waals surface area contributed by atoms with Crippen LogP contribution in [0.2, 0.25) is 5.02 Å². The Kier molecular flexibility index (Phi) is 7.11. The molecule has 2 saturated heterocycles. The first kappa shape index (κ1) is 24.8. The van der Waals surface area contributed by atoms with Crippen molar-refractivity contribution in [3.8, 4) is 0 Å². The molecule has 192 valence electrons. The SMILES string of the molecule is C=C1C/C(=C\c2cnn3c(NC4CCN(CC(=O)OC)CC4)cc(Nc4cccc(Cl)c4)nc23)C(=O)N1. The molecule has 1 amide bonds. The molecule has 2 aliphatic rings. The maximum absolute atomic E-state index is 12.3. The number of aromatic nitrogens is 3. The van der Waals surface area contributed by atoms with Gasteiger partial charge < -0.3 is 20.7 Å². The maximum Gasteiger partial charge on any atom is 0.319 e. The number of fused-ring (bicyclic) bond motifs is 1. The Bertz CT molecular complexity index is 1390. The van der Waals surface area contributed by atoms with Crippen molar-refractivity contribution in [2.24, 2.45) is 0 Å². The second kappa shape index (κ2) is 10.6. The van der Waals surface area contributed by atoms with Crippen molar-refractivity contribution in [1.82, 2.24) is 24.8 Å². The summed E-state index contributed by atoms with van der Waals surface area (Å²) in [6, 6.07) is 9.51. The van der Waals surface area contributed by atoms with Crippen LogP contribution < -0.4 is 16.0 Å². The first-order valence-corrected chi connectivity index (χ1v) is 12.4. The molecule has 3 aromatic rings. The number of esters is 1. The Hall–Kier alpha value is -3.89. The highest BCUT2D eigenvalue weighted by Gasteiger charge is 2.24. The molecule has 0 saturated carbocycles. The first-order valence-electron chi connectivity index (χ1n) is 12.0. The molecule has 0 radical (unpaired) electrons. The highest BCUT2D eigenvalue weighted by atomic mass is 35.5. The van der Waals surface area contributed by atoms with Gasteiger partial charge in [0.1, 0.15) is 11.6 Å². The molecule has 3 N–H and O–H groups in total. The van der Waals surface area contributed by atoms with E-state index in [9.17, 15) is 9.59 Å². The molecule has 10 nitrogen and oxygen atoms in total. The number of hydrogen-bond acceptors (Lipinski definition) is 8. The molecule has 0 atom stereocenters. The molecule has 37 heavy (non-hydrogen) atoms. The van der Waals surface area contributed by atoms with E-state index < -0.39 is 0 Å². The van der Waals surface area contributed by atoms with Crippen LogP contribution in [0.5, 0.6) is 0 Å². The van der Waals surface area contributed by atoms with E-state index in [0.29, 0.717) is 40.7 Å². The summed E-state index contributed by atoms with van der Waals surface area (Å²) in [4.78, 5) is 30.8. The number of likely N-dealkylation sites (tertiary alicyclic amines) is 1. The highest BCUT2D eigenvalue weighted by Crippen LogP contribution is 2.27. The van der Waals surface area contributed by atoms with Crippen LogP contribution in [0.4, 0.5) is 17.3 Å². The van der Waals surface area contributed by atoms with Crippen LogP contribution in [0.1, 0.15) is 24.8 Å². The molecule has 5 rings (SSSR count). The van der Waals surface area contributed by atoms with Crippen molar-refractivity contribution in [3.05, 3.63) is 65.0 Å². The minimum absolute atomic E-state index is 0.158. The summed E-state index contributed by atoms with van der Waals surface area (Å²) < 4.78 is 6.54. The molecule has 1 aromatic carbocycles. The largest absolute Gasteiger partial charge is 0.468 e. The standard InChI is InChI=1S/C26H28ClN7O3/c1-16-10-17(26(36)29-16)11-18-14-28-34-23(31-20-6-8-33(9-7-20)15-24(35)37-2)13-22(32-25(18)34)30-21-5-3-4-19(27)12-21/h3-5,11-14,20,31H,1,6-10,15H2,2H3,(H,29,36)(H,30,32)/b17-11+. The number of amides is 1. The third kappa shape index (κ3) is 5.76. The van der Waals surface area contributed by atoms with E-state index in [1.54, 1.807) is 16.8 Å². The summed E-state index contributed by atoms with van der Waals surface area (Å²) >= 11 is 6.17. The normalized spacial score (nSPS) is 17.8. The van der Waals surface area contributed by atoms with Crippen molar-refractivity contribution in [1.29, 1.82) is 0 Å². The number of allylic oxidation sites excluding steroid dienone is 1. The average Bonchev–Trinajstić information content (AvgIpc) is 3.42. The molecular formula is C26H28ClN7O3. The average molecular weight is 522 g/mol. The summed E-state index contributed by atoms with van der Waals surface area (Å²) in [6.45, 7) is 5.71. The molecular weight excluding hydrogens is 494 g/mol. The van der Waals surface area contributed by atoms with Crippen molar-refractivity contribution in [2.75, 3.05) is 37.4 Å². The molecule has 0 spiro atoms. The van der Waals surface area contributed by atoms with E-state index in [2.05, 4.69) is 32.5 Å². The fraction of sp³-hybridized carbons (Fsp3) is 0.308. The number of carbonyl (C=O) groups excluding carboxylic acids is 2. The van der Waals surface area contributed by atoms with Gasteiger partial charge in [0.25, 0.3) is 5.91 Å². The van der Waals surface area contributed by atoms with Gasteiger partial charge in [-0.3, -0.25) is 14.5 Å². The topological polar surface area (TPSA) is 113 Å². The number of nitrogens with one attached hydrogen (secondary N) is 3. The summed E-state index contributed by atoms with van der Waals surface area (Å²) in [7, 11) is 1.41. The van der Waals surface area contributed by atoms with Crippen molar-refractivity contribution in [2.45, 2.75) is 25.3 Å². The number of carbonyl (C=O) groups is 2. The van der Waals surface area contributed by atoms with E-state index in [1.807, 2.05) is 30.3 Å². The van der Waals surface area contributed by atoms with Crippen LogP contribution in [0.15, 0.2) is 54.4 Å². The number of piperidine rings is 1. The predicted molar refractivity (Wildman–Crippen MR) is 143 cm³/mol. The van der Waals surface area contributed by atoms with Crippen molar-refractivity contribution >= 4 is 52.5 Å². The number of nitrogens with zero attached hydrogens (tertiary/aromatic N) is 4. The lowest BCUT2D eigenvalue weighted by molar-refractivity contribution is -0.142. The summed E-state index contributed by atoms with van der Waals surface area (Å²) in [5, 5.41) is 14.9. The van der Waals surface area contributed by atoms with Gasteiger partial charge in [-0.05, 0) is 37.1 Å². The Labute approximate surface area is 219 Å². The van der Waals surface area contributed by atoms with Crippen LogP contribution in [0.3, 0.4) is 0 Å². The fourth-order valence-corrected chi connectivity index (χ4v) is 4.74. The second-order valence-electron chi connectivity index (χ2n) is 9.17. The zero-order valence-corrected chi connectivity index (χ0v) is 21.2. The summed E-state index contributed by atoms with van der Waals surface area (Å²) in [5.41, 5.74) is 3.42. The summed E-state index contributed by atoms with van der Waals surface area (Å²) in [5.74, 6) is 0.998. The van der Waals surface area contributed by atoms with Crippen LogP contribution in [-0.4, -0.2) is 64.2 Å². The number of anilines is 3. The van der Waals surface area contributed by atoms with Crippen molar-refractivity contribution in [3.63, 3.8) is 0 Å². The Morgan fingerprint density at radius 2 is 2.14 bits per heavy atom. The predicted octanol–water partition coefficient (Wildman–Crippen LogP) is 3.59. The number of rotatable bonds is 7. The fourth-order valence-electron chi connectivity index (χ4n) is 4.55. The van der Waals surface area contributed by atoms with E-state index >= 15 is 0 Å². The third-order valence-corrected chi connectivity index (χ3v) is 6.67. The Morgan fingerprint density at radius 3 is 2.84 bits per heavy atom. The highest BCUT2D eigenvalue weighted by molar-refractivity contribution is 6.30. The second-order valence-corrected chi connectivity index (χ2v) is 9.61. The van der Waals surface area contributed by atoms with Crippen molar-refractivity contribution < 1.29 is 14.3 Å². The van der Waals surface area contributed by atoms with Gasteiger partial charge in [0.05, 0.1) is 19.9 Å². The maximum atomic E-state index is 12.3. The zero-order valence-electron chi connectivity index (χ0n) is 20.5. The van der Waals surface area contributed by atoms with Gasteiger partial charge in [0, 0.05) is 59.2 Å². The number of halogens is 1. The van der Waals surface area contributed by atoms with Crippen LogP contribution in [0, 0.1) is 0 Å². The van der Waals surface area contributed by atoms with E-state index in [1.165, 1.54) is 7.11 Å². The van der Waals surface area contributed by atoms with Crippen LogP contribution >= 0.6 is 11.6 Å². The number of methoxy groups -OCH3 is 1. The molecule has 2 aliphatic heterocycles.